The fourth-order valence-electron chi connectivity index (χ4n) is 0.607. The summed E-state index contributed by atoms with van der Waals surface area (Å²) in [7, 11) is -4.29. The number of sulfonamides is 1. The first-order chi connectivity index (χ1) is 5.57. The Morgan fingerprint density at radius 3 is 1.77 bits per heavy atom. The van der Waals surface area contributed by atoms with E-state index in [1.54, 1.807) is 0 Å². The van der Waals surface area contributed by atoms with Crippen molar-refractivity contribution >= 4 is 10.0 Å². The second-order valence-corrected chi connectivity index (χ2v) is 5.03. The van der Waals surface area contributed by atoms with Crippen LogP contribution in [0.4, 0.5) is 13.2 Å². The molecule has 0 saturated heterocycles. The minimum absolute atomic E-state index is 0.533. The first-order valence-electron chi connectivity index (χ1n) is 3.65. The number of nitrogens with one attached hydrogen (secondary N) is 1. The molecule has 80 valence electrons. The van der Waals surface area contributed by atoms with Crippen molar-refractivity contribution in [1.82, 2.24) is 4.72 Å². The van der Waals surface area contributed by atoms with E-state index in [0.29, 0.717) is 6.92 Å². The van der Waals surface area contributed by atoms with Crippen LogP contribution in [0.15, 0.2) is 0 Å². The molecule has 1 atom stereocenters. The highest BCUT2D eigenvalue weighted by Crippen LogP contribution is 2.24. The Balaban J connectivity index is 4.67. The summed E-state index contributed by atoms with van der Waals surface area (Å²) in [5.41, 5.74) is 0. The molecule has 0 aromatic heterocycles. The van der Waals surface area contributed by atoms with Gasteiger partial charge in [0.1, 0.15) is 0 Å². The van der Waals surface area contributed by atoms with Crippen LogP contribution in [0.1, 0.15) is 20.8 Å². The van der Waals surface area contributed by atoms with Gasteiger partial charge in [-0.05, 0) is 20.8 Å². The standard InChI is InChI=1S/C6H12F3NO2S/c1-4(2)10-13(11,12)5(3)6(7,8)9/h4-5,10H,1-3H3/t5-/m1/s1. The second-order valence-electron chi connectivity index (χ2n) is 3.00. The molecule has 7 heteroatoms. The Morgan fingerprint density at radius 2 is 1.54 bits per heavy atom. The third kappa shape index (κ3) is 3.95. The number of halogens is 3. The van der Waals surface area contributed by atoms with Crippen LogP contribution in [-0.4, -0.2) is 25.9 Å². The maximum atomic E-state index is 12.0. The van der Waals surface area contributed by atoms with Crippen molar-refractivity contribution in [2.45, 2.75) is 38.2 Å². The maximum absolute atomic E-state index is 12.0. The summed E-state index contributed by atoms with van der Waals surface area (Å²) in [5, 5.41) is -2.37. The van der Waals surface area contributed by atoms with E-state index in [1.807, 2.05) is 4.72 Å². The first-order valence-corrected chi connectivity index (χ1v) is 5.20. The summed E-state index contributed by atoms with van der Waals surface area (Å²) >= 11 is 0. The van der Waals surface area contributed by atoms with Crippen LogP contribution in [0.5, 0.6) is 0 Å². The zero-order valence-corrected chi connectivity index (χ0v) is 8.33. The average molecular weight is 219 g/mol. The van der Waals surface area contributed by atoms with Crippen molar-refractivity contribution in [3.8, 4) is 0 Å². The number of hydrogen-bond acceptors (Lipinski definition) is 2. The van der Waals surface area contributed by atoms with Crippen LogP contribution >= 0.6 is 0 Å². The molecule has 0 rings (SSSR count). The lowest BCUT2D eigenvalue weighted by atomic mass is 10.4. The van der Waals surface area contributed by atoms with Crippen molar-refractivity contribution in [2.75, 3.05) is 0 Å². The summed E-state index contributed by atoms with van der Waals surface area (Å²) in [4.78, 5) is 0. The van der Waals surface area contributed by atoms with Crippen LogP contribution in [-0.2, 0) is 10.0 Å². The smallest absolute Gasteiger partial charge is 0.212 e. The molecular formula is C6H12F3NO2S. The van der Waals surface area contributed by atoms with Gasteiger partial charge in [-0.3, -0.25) is 0 Å². The van der Waals surface area contributed by atoms with Gasteiger partial charge in [0.25, 0.3) is 0 Å². The molecule has 0 amide bonds. The predicted octanol–water partition coefficient (Wildman–Crippen LogP) is 1.27. The van der Waals surface area contributed by atoms with Crippen molar-refractivity contribution < 1.29 is 21.6 Å². The minimum Gasteiger partial charge on any atom is -0.212 e. The quantitative estimate of drug-likeness (QED) is 0.776. The number of alkyl halides is 3. The van der Waals surface area contributed by atoms with Crippen molar-refractivity contribution in [3.63, 3.8) is 0 Å². The summed E-state index contributed by atoms with van der Waals surface area (Å²) in [6.07, 6.45) is -4.72. The number of hydrogen-bond donors (Lipinski definition) is 1. The van der Waals surface area contributed by atoms with Crippen LogP contribution in [0.25, 0.3) is 0 Å². The topological polar surface area (TPSA) is 46.2 Å². The molecule has 0 bridgehead atoms. The van der Waals surface area contributed by atoms with E-state index in [2.05, 4.69) is 0 Å². The molecule has 0 aliphatic carbocycles. The van der Waals surface area contributed by atoms with Crippen LogP contribution in [0.3, 0.4) is 0 Å². The highest BCUT2D eigenvalue weighted by atomic mass is 32.2. The van der Waals surface area contributed by atoms with Gasteiger partial charge in [-0.25, -0.2) is 13.1 Å². The lowest BCUT2D eigenvalue weighted by Gasteiger charge is -2.18. The molecule has 0 spiro atoms. The van der Waals surface area contributed by atoms with Crippen LogP contribution in [0.2, 0.25) is 0 Å². The van der Waals surface area contributed by atoms with Gasteiger partial charge in [0.2, 0.25) is 10.0 Å². The van der Waals surface area contributed by atoms with Crippen molar-refractivity contribution in [3.05, 3.63) is 0 Å². The van der Waals surface area contributed by atoms with E-state index in [-0.39, 0.29) is 0 Å². The summed E-state index contributed by atoms with van der Waals surface area (Å²) in [6, 6.07) is -0.533. The lowest BCUT2D eigenvalue weighted by molar-refractivity contribution is -0.127. The predicted molar refractivity (Wildman–Crippen MR) is 42.7 cm³/mol. The molecule has 0 heterocycles. The Hall–Kier alpha value is -0.300. The normalized spacial score (nSPS) is 16.2. The zero-order valence-electron chi connectivity index (χ0n) is 7.51. The molecule has 0 radical (unpaired) electrons. The molecule has 0 aromatic carbocycles. The summed E-state index contributed by atoms with van der Waals surface area (Å²) in [6.45, 7) is 3.53. The third-order valence-corrected chi connectivity index (χ3v) is 3.32. The van der Waals surface area contributed by atoms with Gasteiger partial charge < -0.3 is 0 Å². The van der Waals surface area contributed by atoms with Gasteiger partial charge in [0, 0.05) is 6.04 Å². The fourth-order valence-corrected chi connectivity index (χ4v) is 1.82. The Kier molecular flexibility index (Phi) is 3.74. The monoisotopic (exact) mass is 219 g/mol. The molecule has 0 saturated carbocycles. The van der Waals surface area contributed by atoms with Crippen LogP contribution < -0.4 is 4.72 Å². The SMILES string of the molecule is CC(C)NS(=O)(=O)[C@H](C)C(F)(F)F. The molecule has 1 N–H and O–H groups in total. The molecule has 13 heavy (non-hydrogen) atoms. The highest BCUT2D eigenvalue weighted by Gasteiger charge is 2.45. The van der Waals surface area contributed by atoms with Gasteiger partial charge >= 0.3 is 6.18 Å². The molecule has 0 unspecified atom stereocenters. The van der Waals surface area contributed by atoms with E-state index in [0.717, 1.165) is 0 Å². The minimum atomic E-state index is -4.72. The highest BCUT2D eigenvalue weighted by molar-refractivity contribution is 7.90. The van der Waals surface area contributed by atoms with Crippen LogP contribution in [0, 0.1) is 0 Å². The van der Waals surface area contributed by atoms with E-state index >= 15 is 0 Å². The molecule has 0 aromatic rings. The third-order valence-electron chi connectivity index (χ3n) is 1.33. The molecule has 0 aliphatic heterocycles. The average Bonchev–Trinajstić information content (AvgIpc) is 1.80. The first kappa shape index (κ1) is 12.7. The zero-order chi connectivity index (χ0) is 10.9. The van der Waals surface area contributed by atoms with Gasteiger partial charge in [0.15, 0.2) is 5.25 Å². The van der Waals surface area contributed by atoms with E-state index in [9.17, 15) is 21.6 Å². The largest absolute Gasteiger partial charge is 0.406 e. The molecular weight excluding hydrogens is 207 g/mol. The van der Waals surface area contributed by atoms with Crippen molar-refractivity contribution in [2.24, 2.45) is 0 Å². The van der Waals surface area contributed by atoms with Gasteiger partial charge in [0.05, 0.1) is 0 Å². The molecule has 3 nitrogen and oxygen atoms in total. The van der Waals surface area contributed by atoms with E-state index in [1.165, 1.54) is 13.8 Å². The lowest BCUT2D eigenvalue weighted by Crippen LogP contribution is -2.44. The van der Waals surface area contributed by atoms with Crippen molar-refractivity contribution in [1.29, 1.82) is 0 Å². The van der Waals surface area contributed by atoms with E-state index in [4.69, 9.17) is 0 Å². The Labute approximate surface area is 75.4 Å². The van der Waals surface area contributed by atoms with Gasteiger partial charge in [-0.2, -0.15) is 13.2 Å². The second kappa shape index (κ2) is 3.83. The van der Waals surface area contributed by atoms with Gasteiger partial charge in [-0.1, -0.05) is 0 Å². The van der Waals surface area contributed by atoms with E-state index < -0.39 is 27.5 Å². The molecule has 0 aliphatic rings. The Bertz CT molecular complexity index is 258. The number of rotatable bonds is 3. The fraction of sp³-hybridized carbons (Fsp3) is 1.00. The summed E-state index contributed by atoms with van der Waals surface area (Å²) in [5.74, 6) is 0. The summed E-state index contributed by atoms with van der Waals surface area (Å²) < 4.78 is 59.7. The van der Waals surface area contributed by atoms with Gasteiger partial charge in [-0.15, -0.1) is 0 Å². The maximum Gasteiger partial charge on any atom is 0.406 e. The molecule has 0 fully saturated rings. The Morgan fingerprint density at radius 1 is 1.15 bits per heavy atom.